The number of aromatic nitrogens is 2. The van der Waals surface area contributed by atoms with E-state index in [0.717, 1.165) is 5.56 Å². The van der Waals surface area contributed by atoms with Crippen molar-refractivity contribution in [2.75, 3.05) is 15.8 Å². The molecule has 0 saturated carbocycles. The lowest BCUT2D eigenvalue weighted by Crippen LogP contribution is -2.18. The number of hydrogen-bond acceptors (Lipinski definition) is 6. The number of sulfonamides is 1. The van der Waals surface area contributed by atoms with Gasteiger partial charge in [0, 0.05) is 0 Å². The van der Waals surface area contributed by atoms with Crippen molar-refractivity contribution in [3.8, 4) is 6.07 Å². The molecule has 28 heavy (non-hydrogen) atoms. The molecule has 0 fully saturated rings. The lowest BCUT2D eigenvalue weighted by molar-refractivity contribution is 0.598. The van der Waals surface area contributed by atoms with Crippen molar-refractivity contribution in [3.63, 3.8) is 0 Å². The minimum Gasteiger partial charge on any atom is -0.338 e. The average molecular weight is 393 g/mol. The van der Waals surface area contributed by atoms with Gasteiger partial charge in [0.2, 0.25) is 10.0 Å². The molecule has 0 aliphatic heterocycles. The third-order valence-electron chi connectivity index (χ3n) is 3.96. The molecule has 1 heterocycles. The van der Waals surface area contributed by atoms with E-state index in [1.54, 1.807) is 30.3 Å². The van der Waals surface area contributed by atoms with E-state index < -0.39 is 10.0 Å². The molecule has 2 aromatic carbocycles. The summed E-state index contributed by atoms with van der Waals surface area (Å²) >= 11 is 0. The van der Waals surface area contributed by atoms with E-state index in [2.05, 4.69) is 26.3 Å². The quantitative estimate of drug-likeness (QED) is 0.607. The number of aryl methyl sites for hydroxylation is 1. The zero-order valence-corrected chi connectivity index (χ0v) is 15.9. The van der Waals surface area contributed by atoms with Gasteiger partial charge in [0.15, 0.2) is 11.6 Å². The van der Waals surface area contributed by atoms with Crippen molar-refractivity contribution >= 4 is 27.3 Å². The number of para-hydroxylation sites is 1. The summed E-state index contributed by atoms with van der Waals surface area (Å²) in [6, 6.07) is 22.0. The van der Waals surface area contributed by atoms with E-state index in [-0.39, 0.29) is 11.6 Å². The Kier molecular flexibility index (Phi) is 6.19. The van der Waals surface area contributed by atoms with Crippen LogP contribution in [0.15, 0.2) is 66.7 Å². The van der Waals surface area contributed by atoms with Crippen molar-refractivity contribution in [3.05, 3.63) is 77.9 Å². The van der Waals surface area contributed by atoms with Crippen molar-refractivity contribution in [1.82, 2.24) is 10.2 Å². The zero-order chi connectivity index (χ0) is 19.8. The van der Waals surface area contributed by atoms with Gasteiger partial charge in [0.1, 0.15) is 6.07 Å². The molecule has 0 spiro atoms. The number of nitriles is 1. The van der Waals surface area contributed by atoms with Crippen LogP contribution in [0.2, 0.25) is 0 Å². The van der Waals surface area contributed by atoms with Crippen molar-refractivity contribution in [2.45, 2.75) is 12.8 Å². The summed E-state index contributed by atoms with van der Waals surface area (Å²) < 4.78 is 26.9. The highest BCUT2D eigenvalue weighted by Crippen LogP contribution is 2.19. The summed E-state index contributed by atoms with van der Waals surface area (Å²) in [4.78, 5) is 0. The van der Waals surface area contributed by atoms with Crippen LogP contribution in [0.5, 0.6) is 0 Å². The van der Waals surface area contributed by atoms with Crippen LogP contribution in [0, 0.1) is 11.3 Å². The van der Waals surface area contributed by atoms with Crippen LogP contribution in [0.4, 0.5) is 17.3 Å². The SMILES string of the molecule is N#Cc1ccccc1Nc1ccc(NS(=O)(=O)CCCc2ccccc2)nn1. The van der Waals surface area contributed by atoms with E-state index >= 15 is 0 Å². The van der Waals surface area contributed by atoms with Gasteiger partial charge in [-0.3, -0.25) is 4.72 Å². The Balaban J connectivity index is 1.56. The molecule has 7 nitrogen and oxygen atoms in total. The third kappa shape index (κ3) is 5.53. The van der Waals surface area contributed by atoms with Crippen LogP contribution in [-0.2, 0) is 16.4 Å². The fourth-order valence-corrected chi connectivity index (χ4v) is 3.66. The van der Waals surface area contributed by atoms with Gasteiger partial charge < -0.3 is 5.32 Å². The number of nitrogens with zero attached hydrogens (tertiary/aromatic N) is 3. The topological polar surface area (TPSA) is 108 Å². The Hall–Kier alpha value is -3.44. The third-order valence-corrected chi connectivity index (χ3v) is 5.30. The molecule has 1 aromatic heterocycles. The second-order valence-corrected chi connectivity index (χ2v) is 7.94. The van der Waals surface area contributed by atoms with Gasteiger partial charge >= 0.3 is 0 Å². The fourth-order valence-electron chi connectivity index (χ4n) is 2.60. The predicted octanol–water partition coefficient (Wildman–Crippen LogP) is 3.47. The summed E-state index contributed by atoms with van der Waals surface area (Å²) in [5.74, 6) is 0.563. The first kappa shape index (κ1) is 19.3. The number of hydrogen-bond donors (Lipinski definition) is 2. The lowest BCUT2D eigenvalue weighted by atomic mass is 10.1. The van der Waals surface area contributed by atoms with Crippen molar-refractivity contribution < 1.29 is 8.42 Å². The lowest BCUT2D eigenvalue weighted by Gasteiger charge is -2.09. The van der Waals surface area contributed by atoms with Crippen molar-refractivity contribution in [1.29, 1.82) is 5.26 Å². The monoisotopic (exact) mass is 393 g/mol. The summed E-state index contributed by atoms with van der Waals surface area (Å²) in [6.07, 6.45) is 1.20. The summed E-state index contributed by atoms with van der Waals surface area (Å²) in [5.41, 5.74) is 2.19. The molecule has 0 atom stereocenters. The van der Waals surface area contributed by atoms with E-state index in [4.69, 9.17) is 5.26 Å². The highest BCUT2D eigenvalue weighted by Gasteiger charge is 2.12. The van der Waals surface area contributed by atoms with Crippen molar-refractivity contribution in [2.24, 2.45) is 0 Å². The molecule has 2 N–H and O–H groups in total. The zero-order valence-electron chi connectivity index (χ0n) is 15.0. The first-order valence-corrected chi connectivity index (χ1v) is 10.4. The molecular formula is C20H19N5O2S. The van der Waals surface area contributed by atoms with Gasteiger partial charge in [0.05, 0.1) is 17.0 Å². The number of benzene rings is 2. The fraction of sp³-hybridized carbons (Fsp3) is 0.150. The normalized spacial score (nSPS) is 10.8. The van der Waals surface area contributed by atoms with Crippen LogP contribution < -0.4 is 10.0 Å². The van der Waals surface area contributed by atoms with E-state index in [0.29, 0.717) is 29.9 Å². The molecule has 142 valence electrons. The van der Waals surface area contributed by atoms with Crippen LogP contribution in [0.3, 0.4) is 0 Å². The first-order valence-electron chi connectivity index (χ1n) is 8.70. The minimum atomic E-state index is -3.50. The van der Waals surface area contributed by atoms with Gasteiger partial charge in [0.25, 0.3) is 0 Å². The second-order valence-electron chi connectivity index (χ2n) is 6.10. The van der Waals surface area contributed by atoms with E-state index in [1.807, 2.05) is 30.3 Å². The van der Waals surface area contributed by atoms with Crippen LogP contribution in [0.1, 0.15) is 17.5 Å². The Labute approximate surface area is 164 Å². The number of anilines is 3. The summed E-state index contributed by atoms with van der Waals surface area (Å²) in [6.45, 7) is 0. The molecule has 0 bridgehead atoms. The maximum absolute atomic E-state index is 12.2. The smallest absolute Gasteiger partial charge is 0.233 e. The second kappa shape index (κ2) is 8.97. The van der Waals surface area contributed by atoms with Gasteiger partial charge in [-0.2, -0.15) is 5.26 Å². The number of rotatable bonds is 8. The largest absolute Gasteiger partial charge is 0.338 e. The van der Waals surface area contributed by atoms with Gasteiger partial charge in [-0.15, -0.1) is 10.2 Å². The summed E-state index contributed by atoms with van der Waals surface area (Å²) in [5, 5.41) is 20.0. The van der Waals surface area contributed by atoms with Gasteiger partial charge in [-0.25, -0.2) is 8.42 Å². The maximum Gasteiger partial charge on any atom is 0.233 e. The molecule has 0 saturated heterocycles. The Morgan fingerprint density at radius 1 is 0.893 bits per heavy atom. The molecule has 0 unspecified atom stereocenters. The first-order chi connectivity index (χ1) is 13.6. The molecule has 0 aliphatic rings. The van der Waals surface area contributed by atoms with Crippen LogP contribution in [-0.4, -0.2) is 24.4 Å². The highest BCUT2D eigenvalue weighted by molar-refractivity contribution is 7.92. The van der Waals surface area contributed by atoms with Crippen LogP contribution >= 0.6 is 0 Å². The number of nitrogens with one attached hydrogen (secondary N) is 2. The standard InChI is InChI=1S/C20H19N5O2S/c21-15-17-10-4-5-11-18(17)22-19-12-13-20(24-23-19)25-28(26,27)14-6-9-16-7-2-1-3-8-16/h1-5,7-8,10-13H,6,9,14H2,(H,22,23)(H,24,25). The minimum absolute atomic E-state index is 0.000873. The van der Waals surface area contributed by atoms with Gasteiger partial charge in [-0.1, -0.05) is 42.5 Å². The molecular weight excluding hydrogens is 374 g/mol. The molecule has 3 rings (SSSR count). The Morgan fingerprint density at radius 3 is 2.29 bits per heavy atom. The molecule has 8 heteroatoms. The molecule has 0 amide bonds. The molecule has 3 aromatic rings. The molecule has 0 aliphatic carbocycles. The molecule has 0 radical (unpaired) electrons. The van der Waals surface area contributed by atoms with Gasteiger partial charge in [-0.05, 0) is 42.7 Å². The van der Waals surface area contributed by atoms with E-state index in [1.165, 1.54) is 6.07 Å². The Bertz CT molecular complexity index is 1060. The van der Waals surface area contributed by atoms with E-state index in [9.17, 15) is 8.42 Å². The average Bonchev–Trinajstić information content (AvgIpc) is 2.70. The van der Waals surface area contributed by atoms with Crippen LogP contribution in [0.25, 0.3) is 0 Å². The highest BCUT2D eigenvalue weighted by atomic mass is 32.2. The maximum atomic E-state index is 12.2. The Morgan fingerprint density at radius 2 is 1.57 bits per heavy atom. The predicted molar refractivity (Wildman–Crippen MR) is 109 cm³/mol. The summed E-state index contributed by atoms with van der Waals surface area (Å²) in [7, 11) is -3.50.